The van der Waals surface area contributed by atoms with E-state index in [1.165, 1.54) is 4.90 Å². The topological polar surface area (TPSA) is 93.6 Å². The predicted octanol–water partition coefficient (Wildman–Crippen LogP) is 6.47. The number of ketones is 1. The third kappa shape index (κ3) is 5.00. The Morgan fingerprint density at radius 1 is 0.927 bits per heavy atom. The SMILES string of the molecule is Cc1cc(Br)cc2c(C(=O)OCC(=O)c3ccccc3)cc(-c3ccc(N4C(=O)C5CC=CCC5C4=O)cc3)nc12. The predicted molar refractivity (Wildman–Crippen MR) is 159 cm³/mol. The maximum Gasteiger partial charge on any atom is 0.339 e. The van der Waals surface area contributed by atoms with Gasteiger partial charge in [0.2, 0.25) is 11.8 Å². The van der Waals surface area contributed by atoms with Crippen LogP contribution in [0.15, 0.2) is 89.4 Å². The number of carbonyl (C=O) groups excluding carboxylic acids is 4. The molecule has 41 heavy (non-hydrogen) atoms. The second-order valence-corrected chi connectivity index (χ2v) is 11.2. The Hall–Kier alpha value is -4.43. The minimum absolute atomic E-state index is 0.169. The summed E-state index contributed by atoms with van der Waals surface area (Å²) in [5.74, 6) is -1.89. The molecule has 204 valence electrons. The van der Waals surface area contributed by atoms with Gasteiger partial charge in [0.15, 0.2) is 12.4 Å². The summed E-state index contributed by atoms with van der Waals surface area (Å²) in [5.41, 5.74) is 3.95. The summed E-state index contributed by atoms with van der Waals surface area (Å²) in [5, 5.41) is 0.596. The van der Waals surface area contributed by atoms with E-state index >= 15 is 0 Å². The van der Waals surface area contributed by atoms with Gasteiger partial charge < -0.3 is 4.74 Å². The lowest BCUT2D eigenvalue weighted by Crippen LogP contribution is -2.30. The number of amides is 2. The summed E-state index contributed by atoms with van der Waals surface area (Å²) in [4.78, 5) is 58.0. The van der Waals surface area contributed by atoms with Gasteiger partial charge in [-0.3, -0.25) is 19.3 Å². The maximum absolute atomic E-state index is 13.3. The number of hydrogen-bond acceptors (Lipinski definition) is 6. The number of hydrogen-bond donors (Lipinski definition) is 0. The highest BCUT2D eigenvalue weighted by atomic mass is 79.9. The number of anilines is 1. The molecule has 0 saturated carbocycles. The molecule has 2 atom stereocenters. The molecule has 1 aromatic heterocycles. The number of esters is 1. The quantitative estimate of drug-likeness (QED) is 0.108. The Labute approximate surface area is 245 Å². The van der Waals surface area contributed by atoms with Gasteiger partial charge in [0.05, 0.1) is 34.3 Å². The first-order chi connectivity index (χ1) is 19.8. The lowest BCUT2D eigenvalue weighted by molar-refractivity contribution is -0.122. The molecule has 0 N–H and O–H groups in total. The fourth-order valence-electron chi connectivity index (χ4n) is 5.53. The van der Waals surface area contributed by atoms with Gasteiger partial charge in [0.25, 0.3) is 0 Å². The lowest BCUT2D eigenvalue weighted by Gasteiger charge is -2.16. The molecule has 2 heterocycles. The van der Waals surface area contributed by atoms with E-state index in [4.69, 9.17) is 9.72 Å². The average Bonchev–Trinajstić information content (AvgIpc) is 3.25. The molecular formula is C33H25BrN2O5. The average molecular weight is 609 g/mol. The lowest BCUT2D eigenvalue weighted by atomic mass is 9.85. The Morgan fingerprint density at radius 2 is 1.59 bits per heavy atom. The zero-order chi connectivity index (χ0) is 28.7. The molecule has 2 unspecified atom stereocenters. The summed E-state index contributed by atoms with van der Waals surface area (Å²) in [7, 11) is 0. The molecule has 4 aromatic rings. The second kappa shape index (κ2) is 10.9. The van der Waals surface area contributed by atoms with Gasteiger partial charge in [-0.25, -0.2) is 9.78 Å². The molecule has 1 saturated heterocycles. The third-order valence-corrected chi connectivity index (χ3v) is 8.11. The molecule has 3 aromatic carbocycles. The standard InChI is InChI=1S/C33H25BrN2O5/c1-19-15-22(34)16-26-27(33(40)41-18-29(37)21-7-3-2-4-8-21)17-28(35-30(19)26)20-11-13-23(14-12-20)36-31(38)24-9-5-6-10-25(24)32(36)39/h2-8,11-17,24-25H,9-10,18H2,1H3. The Bertz CT molecular complexity index is 1720. The first kappa shape index (κ1) is 26.8. The molecular weight excluding hydrogens is 584 g/mol. The van der Waals surface area contributed by atoms with Crippen molar-refractivity contribution in [3.8, 4) is 11.3 Å². The highest BCUT2D eigenvalue weighted by Crippen LogP contribution is 2.38. The van der Waals surface area contributed by atoms with E-state index in [2.05, 4.69) is 15.9 Å². The van der Waals surface area contributed by atoms with Crippen LogP contribution in [0.2, 0.25) is 0 Å². The van der Waals surface area contributed by atoms with E-state index in [0.717, 1.165) is 10.0 Å². The molecule has 1 aliphatic carbocycles. The summed E-state index contributed by atoms with van der Waals surface area (Å²) in [6, 6.07) is 21.1. The van der Waals surface area contributed by atoms with E-state index in [-0.39, 0.29) is 41.6 Å². The number of aryl methyl sites for hydroxylation is 1. The highest BCUT2D eigenvalue weighted by molar-refractivity contribution is 9.10. The van der Waals surface area contributed by atoms with Gasteiger partial charge in [-0.2, -0.15) is 0 Å². The van der Waals surface area contributed by atoms with Crippen molar-refractivity contribution >= 4 is 56.1 Å². The van der Waals surface area contributed by atoms with Gasteiger partial charge in [-0.05, 0) is 55.7 Å². The van der Waals surface area contributed by atoms with Gasteiger partial charge >= 0.3 is 5.97 Å². The molecule has 2 amide bonds. The maximum atomic E-state index is 13.3. The van der Waals surface area contributed by atoms with Gasteiger partial charge in [0, 0.05) is 21.0 Å². The number of pyridine rings is 1. The second-order valence-electron chi connectivity index (χ2n) is 10.3. The molecule has 6 rings (SSSR count). The largest absolute Gasteiger partial charge is 0.454 e. The van der Waals surface area contributed by atoms with Gasteiger partial charge in [-0.15, -0.1) is 0 Å². The number of nitrogens with zero attached hydrogens (tertiary/aromatic N) is 2. The molecule has 1 fully saturated rings. The zero-order valence-electron chi connectivity index (χ0n) is 22.2. The van der Waals surface area contributed by atoms with Crippen LogP contribution in [-0.2, 0) is 14.3 Å². The third-order valence-electron chi connectivity index (χ3n) is 7.65. The first-order valence-corrected chi connectivity index (χ1v) is 14.1. The van der Waals surface area contributed by atoms with E-state index in [1.807, 2.05) is 31.2 Å². The van der Waals surface area contributed by atoms with Crippen LogP contribution in [0, 0.1) is 18.8 Å². The van der Waals surface area contributed by atoms with Crippen LogP contribution in [0.1, 0.15) is 39.1 Å². The van der Waals surface area contributed by atoms with E-state index in [1.54, 1.807) is 60.7 Å². The minimum atomic E-state index is -0.637. The Morgan fingerprint density at radius 3 is 2.24 bits per heavy atom. The van der Waals surface area contributed by atoms with Crippen LogP contribution in [0.4, 0.5) is 5.69 Å². The van der Waals surface area contributed by atoms with Crippen molar-refractivity contribution in [3.63, 3.8) is 0 Å². The molecule has 0 spiro atoms. The molecule has 0 radical (unpaired) electrons. The van der Waals surface area contributed by atoms with Crippen molar-refractivity contribution in [2.75, 3.05) is 11.5 Å². The number of fused-ring (bicyclic) bond motifs is 2. The van der Waals surface area contributed by atoms with Crippen molar-refractivity contribution in [2.45, 2.75) is 19.8 Å². The van der Waals surface area contributed by atoms with Crippen molar-refractivity contribution in [2.24, 2.45) is 11.8 Å². The molecule has 8 heteroatoms. The summed E-state index contributed by atoms with van der Waals surface area (Å²) < 4.78 is 6.25. The number of aromatic nitrogens is 1. The van der Waals surface area contributed by atoms with Gasteiger partial charge in [-0.1, -0.05) is 70.5 Å². The number of allylic oxidation sites excluding steroid dienone is 2. The number of carbonyl (C=O) groups is 4. The Kier molecular flexibility index (Phi) is 7.09. The molecule has 1 aliphatic heterocycles. The number of halogens is 1. The number of benzene rings is 3. The van der Waals surface area contributed by atoms with Crippen LogP contribution < -0.4 is 4.90 Å². The monoisotopic (exact) mass is 608 g/mol. The van der Waals surface area contributed by atoms with Crippen molar-refractivity contribution < 1.29 is 23.9 Å². The van der Waals surface area contributed by atoms with E-state index in [9.17, 15) is 19.2 Å². The van der Waals surface area contributed by atoms with Crippen LogP contribution in [0.25, 0.3) is 22.2 Å². The fraction of sp³-hybridized carbons (Fsp3) is 0.182. The number of imide groups is 1. The number of ether oxygens (including phenoxy) is 1. The van der Waals surface area contributed by atoms with Crippen molar-refractivity contribution in [1.82, 2.24) is 4.98 Å². The minimum Gasteiger partial charge on any atom is -0.454 e. The van der Waals surface area contributed by atoms with Crippen LogP contribution in [-0.4, -0.2) is 35.2 Å². The Balaban J connectivity index is 1.32. The van der Waals surface area contributed by atoms with Crippen LogP contribution in [0.5, 0.6) is 0 Å². The van der Waals surface area contributed by atoms with E-state index < -0.39 is 5.97 Å². The molecule has 0 bridgehead atoms. The smallest absolute Gasteiger partial charge is 0.339 e. The van der Waals surface area contributed by atoms with Crippen molar-refractivity contribution in [1.29, 1.82) is 0 Å². The molecule has 2 aliphatic rings. The fourth-order valence-corrected chi connectivity index (χ4v) is 6.10. The van der Waals surface area contributed by atoms with Crippen LogP contribution >= 0.6 is 15.9 Å². The van der Waals surface area contributed by atoms with Crippen LogP contribution in [0.3, 0.4) is 0 Å². The van der Waals surface area contributed by atoms with E-state index in [0.29, 0.717) is 46.3 Å². The number of Topliss-reactive ketones (excluding diaryl/α,β-unsaturated/α-hetero) is 1. The normalized spacial score (nSPS) is 18.0. The number of rotatable bonds is 6. The van der Waals surface area contributed by atoms with Crippen molar-refractivity contribution in [3.05, 3.63) is 106 Å². The highest BCUT2D eigenvalue weighted by Gasteiger charge is 2.47. The first-order valence-electron chi connectivity index (χ1n) is 13.3. The zero-order valence-corrected chi connectivity index (χ0v) is 23.8. The van der Waals surface area contributed by atoms with Gasteiger partial charge in [0.1, 0.15) is 0 Å². The summed E-state index contributed by atoms with van der Waals surface area (Å²) >= 11 is 3.50. The summed E-state index contributed by atoms with van der Waals surface area (Å²) in [6.07, 6.45) is 5.09. The summed E-state index contributed by atoms with van der Waals surface area (Å²) in [6.45, 7) is 1.51. The molecule has 7 nitrogen and oxygen atoms in total.